The van der Waals surface area contributed by atoms with Crippen molar-refractivity contribution in [3.05, 3.63) is 36.5 Å². The molecule has 0 unspecified atom stereocenters. The quantitative estimate of drug-likeness (QED) is 0.0695. The smallest absolute Gasteiger partial charge is 0.305 e. The molecule has 0 heterocycles. The lowest BCUT2D eigenvalue weighted by atomic mass is 10.1. The Hall–Kier alpha value is -1.31. The van der Waals surface area contributed by atoms with Gasteiger partial charge in [-0.3, -0.25) is 4.79 Å². The number of rotatable bonds is 23. The molecule has 0 aliphatic rings. The molecule has 0 rings (SSSR count). The van der Waals surface area contributed by atoms with E-state index in [0.29, 0.717) is 13.0 Å². The molecule has 2 nitrogen and oxygen atoms in total. The fourth-order valence-corrected chi connectivity index (χ4v) is 3.53. The van der Waals surface area contributed by atoms with Gasteiger partial charge in [0.1, 0.15) is 0 Å². The maximum absolute atomic E-state index is 11.8. The highest BCUT2D eigenvalue weighted by molar-refractivity contribution is 5.69. The largest absolute Gasteiger partial charge is 0.466 e. The lowest BCUT2D eigenvalue weighted by Crippen LogP contribution is -2.05. The number of carbonyl (C=O) groups excluding carboxylic acids is 1. The Morgan fingerprint density at radius 2 is 1.10 bits per heavy atom. The van der Waals surface area contributed by atoms with Gasteiger partial charge < -0.3 is 4.74 Å². The van der Waals surface area contributed by atoms with Gasteiger partial charge >= 0.3 is 5.97 Å². The zero-order valence-electron chi connectivity index (χ0n) is 20.9. The first-order valence-corrected chi connectivity index (χ1v) is 13.4. The fourth-order valence-electron chi connectivity index (χ4n) is 3.53. The summed E-state index contributed by atoms with van der Waals surface area (Å²) in [4.78, 5) is 11.8. The van der Waals surface area contributed by atoms with Crippen LogP contribution in [0, 0.1) is 0 Å². The van der Waals surface area contributed by atoms with Gasteiger partial charge in [-0.15, -0.1) is 0 Å². The molecule has 0 radical (unpaired) electrons. The predicted molar refractivity (Wildman–Crippen MR) is 137 cm³/mol. The Balaban J connectivity index is 3.25. The molecule has 0 bridgehead atoms. The molecule has 180 valence electrons. The second-order valence-corrected chi connectivity index (χ2v) is 8.67. The third-order valence-corrected chi connectivity index (χ3v) is 5.54. The Labute approximate surface area is 194 Å². The van der Waals surface area contributed by atoms with Crippen LogP contribution in [0.15, 0.2) is 36.5 Å². The fraction of sp³-hybridized carbons (Fsp3) is 0.759. The van der Waals surface area contributed by atoms with E-state index in [2.05, 4.69) is 50.3 Å². The molecular weight excluding hydrogens is 380 g/mol. The van der Waals surface area contributed by atoms with E-state index >= 15 is 0 Å². The van der Waals surface area contributed by atoms with Crippen LogP contribution in [0.3, 0.4) is 0 Å². The summed E-state index contributed by atoms with van der Waals surface area (Å²) < 4.78 is 5.37. The van der Waals surface area contributed by atoms with Crippen LogP contribution in [0.5, 0.6) is 0 Å². The van der Waals surface area contributed by atoms with E-state index in [9.17, 15) is 4.79 Å². The maximum atomic E-state index is 11.8. The first-order chi connectivity index (χ1) is 15.3. The first kappa shape index (κ1) is 29.7. The average Bonchev–Trinajstić information content (AvgIpc) is 2.77. The summed E-state index contributed by atoms with van der Waals surface area (Å²) in [5, 5.41) is 0. The predicted octanol–water partition coefficient (Wildman–Crippen LogP) is 9.65. The lowest BCUT2D eigenvalue weighted by Gasteiger charge is -2.05. The van der Waals surface area contributed by atoms with Crippen LogP contribution in [0.25, 0.3) is 0 Å². The lowest BCUT2D eigenvalue weighted by molar-refractivity contribution is -0.143. The van der Waals surface area contributed by atoms with Gasteiger partial charge in [-0.05, 0) is 57.8 Å². The van der Waals surface area contributed by atoms with E-state index in [-0.39, 0.29) is 5.97 Å². The molecule has 0 saturated heterocycles. The molecule has 0 aromatic rings. The van der Waals surface area contributed by atoms with Crippen molar-refractivity contribution in [1.29, 1.82) is 0 Å². The van der Waals surface area contributed by atoms with Crippen LogP contribution in [0.4, 0.5) is 0 Å². The summed E-state index contributed by atoms with van der Waals surface area (Å²) in [5.41, 5.74) is 0. The number of carbonyl (C=O) groups is 1. The van der Waals surface area contributed by atoms with E-state index in [1.54, 1.807) is 0 Å². The highest BCUT2D eigenvalue weighted by Gasteiger charge is 2.02. The van der Waals surface area contributed by atoms with Crippen molar-refractivity contribution in [3.8, 4) is 0 Å². The van der Waals surface area contributed by atoms with E-state index in [1.807, 2.05) is 0 Å². The van der Waals surface area contributed by atoms with Crippen molar-refractivity contribution < 1.29 is 9.53 Å². The molecule has 0 amide bonds. The van der Waals surface area contributed by atoms with E-state index in [4.69, 9.17) is 4.74 Å². The van der Waals surface area contributed by atoms with E-state index in [0.717, 1.165) is 32.1 Å². The van der Waals surface area contributed by atoms with E-state index < -0.39 is 0 Å². The molecule has 0 aliphatic heterocycles. The number of allylic oxidation sites excluding steroid dienone is 6. The van der Waals surface area contributed by atoms with Crippen LogP contribution in [-0.4, -0.2) is 12.6 Å². The second-order valence-electron chi connectivity index (χ2n) is 8.67. The van der Waals surface area contributed by atoms with Crippen molar-refractivity contribution in [2.45, 2.75) is 136 Å². The summed E-state index contributed by atoms with van der Waals surface area (Å²) in [7, 11) is 0. The van der Waals surface area contributed by atoms with Gasteiger partial charge in [-0.2, -0.15) is 0 Å². The van der Waals surface area contributed by atoms with Crippen molar-refractivity contribution >= 4 is 5.97 Å². The minimum Gasteiger partial charge on any atom is -0.466 e. The summed E-state index contributed by atoms with van der Waals surface area (Å²) >= 11 is 0. The Morgan fingerprint density at radius 3 is 1.74 bits per heavy atom. The minimum absolute atomic E-state index is 0.00489. The van der Waals surface area contributed by atoms with E-state index in [1.165, 1.54) is 83.5 Å². The van der Waals surface area contributed by atoms with Gasteiger partial charge in [0.25, 0.3) is 0 Å². The van der Waals surface area contributed by atoms with Crippen molar-refractivity contribution in [2.75, 3.05) is 6.61 Å². The van der Waals surface area contributed by atoms with Crippen molar-refractivity contribution in [1.82, 2.24) is 0 Å². The molecule has 0 saturated carbocycles. The molecule has 0 aromatic heterocycles. The monoisotopic (exact) mass is 432 g/mol. The number of esters is 1. The second kappa shape index (κ2) is 26.7. The summed E-state index contributed by atoms with van der Waals surface area (Å²) in [6, 6.07) is 0. The SMILES string of the molecule is CC/C=C\C=C\CCCCCCCC(=O)OCCCCCCC/C=C\CCCCCC. The molecule has 2 heteroatoms. The third-order valence-electron chi connectivity index (χ3n) is 5.54. The van der Waals surface area contributed by atoms with Gasteiger partial charge in [-0.25, -0.2) is 0 Å². The molecule has 31 heavy (non-hydrogen) atoms. The first-order valence-electron chi connectivity index (χ1n) is 13.4. The molecule has 0 aliphatic carbocycles. The zero-order valence-corrected chi connectivity index (χ0v) is 20.9. The minimum atomic E-state index is -0.00489. The van der Waals surface area contributed by atoms with Crippen LogP contribution < -0.4 is 0 Å². The van der Waals surface area contributed by atoms with Gasteiger partial charge in [0.2, 0.25) is 0 Å². The van der Waals surface area contributed by atoms with Crippen LogP contribution >= 0.6 is 0 Å². The van der Waals surface area contributed by atoms with Crippen LogP contribution in [0.1, 0.15) is 136 Å². The van der Waals surface area contributed by atoms with Gasteiger partial charge in [0.05, 0.1) is 6.61 Å². The van der Waals surface area contributed by atoms with Gasteiger partial charge in [0, 0.05) is 6.42 Å². The highest BCUT2D eigenvalue weighted by Crippen LogP contribution is 2.10. The number of unbranched alkanes of at least 4 members (excludes halogenated alkanes) is 14. The summed E-state index contributed by atoms with van der Waals surface area (Å²) in [6.07, 6.45) is 36.0. The Kier molecular flexibility index (Phi) is 25.6. The normalized spacial score (nSPS) is 11.9. The maximum Gasteiger partial charge on any atom is 0.305 e. The molecule has 0 spiro atoms. The van der Waals surface area contributed by atoms with Crippen LogP contribution in [0.2, 0.25) is 0 Å². The third kappa shape index (κ3) is 26.7. The molecule has 0 atom stereocenters. The summed E-state index contributed by atoms with van der Waals surface area (Å²) in [6.45, 7) is 5.02. The molecule has 0 N–H and O–H groups in total. The van der Waals surface area contributed by atoms with Gasteiger partial charge in [-0.1, -0.05) is 108 Å². The van der Waals surface area contributed by atoms with Crippen molar-refractivity contribution in [2.24, 2.45) is 0 Å². The average molecular weight is 433 g/mol. The standard InChI is InChI=1S/C29H52O2/c1-3-5-7-9-11-13-15-16-18-20-22-24-26-28-31-29(30)27-25-23-21-19-17-14-12-10-8-6-4-2/h6,8,10,12-13,15H,3-5,7,9,11,14,16-28H2,1-2H3/b8-6-,12-10+,15-13-. The van der Waals surface area contributed by atoms with Crippen LogP contribution in [-0.2, 0) is 9.53 Å². The highest BCUT2D eigenvalue weighted by atomic mass is 16.5. The molecule has 0 fully saturated rings. The molecular formula is C29H52O2. The number of hydrogen-bond acceptors (Lipinski definition) is 2. The number of hydrogen-bond donors (Lipinski definition) is 0. The Morgan fingerprint density at radius 1 is 0.581 bits per heavy atom. The zero-order chi connectivity index (χ0) is 22.7. The number of ether oxygens (including phenoxy) is 1. The topological polar surface area (TPSA) is 26.3 Å². The molecule has 0 aromatic carbocycles. The van der Waals surface area contributed by atoms with Gasteiger partial charge in [0.15, 0.2) is 0 Å². The summed E-state index contributed by atoms with van der Waals surface area (Å²) in [5.74, 6) is -0.00489. The Bertz CT molecular complexity index is 448. The van der Waals surface area contributed by atoms with Crippen molar-refractivity contribution in [3.63, 3.8) is 0 Å².